The van der Waals surface area contributed by atoms with Crippen molar-refractivity contribution in [2.45, 2.75) is 46.0 Å². The Kier molecular flexibility index (Phi) is 5.26. The SMILES string of the molecule is CC(C)(C)Cc1noc2nc(C3CC3)cc(C(=O)NCC3CNC3)c12.Cl. The van der Waals surface area contributed by atoms with Crippen LogP contribution in [0.15, 0.2) is 10.6 Å². The van der Waals surface area contributed by atoms with E-state index in [-0.39, 0.29) is 23.7 Å². The number of halogens is 1. The number of aromatic nitrogens is 2. The molecule has 6 nitrogen and oxygen atoms in total. The van der Waals surface area contributed by atoms with Crippen molar-refractivity contribution in [3.8, 4) is 0 Å². The van der Waals surface area contributed by atoms with Crippen LogP contribution < -0.4 is 10.6 Å². The number of fused-ring (bicyclic) bond motifs is 1. The van der Waals surface area contributed by atoms with E-state index in [1.807, 2.05) is 6.07 Å². The van der Waals surface area contributed by atoms with E-state index < -0.39 is 0 Å². The number of hydrogen-bond acceptors (Lipinski definition) is 5. The molecule has 1 saturated heterocycles. The van der Waals surface area contributed by atoms with Gasteiger partial charge in [-0.1, -0.05) is 25.9 Å². The highest BCUT2D eigenvalue weighted by molar-refractivity contribution is 6.06. The third-order valence-corrected chi connectivity index (χ3v) is 4.89. The molecule has 26 heavy (non-hydrogen) atoms. The van der Waals surface area contributed by atoms with Gasteiger partial charge < -0.3 is 15.2 Å². The molecule has 4 rings (SSSR count). The molecule has 2 aromatic heterocycles. The Morgan fingerprint density at radius 1 is 1.35 bits per heavy atom. The summed E-state index contributed by atoms with van der Waals surface area (Å²) in [6.07, 6.45) is 3.02. The molecule has 0 radical (unpaired) electrons. The summed E-state index contributed by atoms with van der Waals surface area (Å²) in [7, 11) is 0. The second-order valence-corrected chi connectivity index (χ2v) is 8.65. The molecule has 2 aliphatic rings. The maximum atomic E-state index is 12.9. The smallest absolute Gasteiger partial charge is 0.259 e. The normalized spacial score (nSPS) is 17.7. The van der Waals surface area contributed by atoms with Gasteiger partial charge in [0.05, 0.1) is 16.6 Å². The quantitative estimate of drug-likeness (QED) is 0.835. The number of carbonyl (C=O) groups is 1. The minimum atomic E-state index is -0.0421. The maximum absolute atomic E-state index is 12.9. The predicted molar refractivity (Wildman–Crippen MR) is 103 cm³/mol. The number of nitrogens with one attached hydrogen (secondary N) is 2. The van der Waals surface area contributed by atoms with E-state index in [1.54, 1.807) is 0 Å². The van der Waals surface area contributed by atoms with Gasteiger partial charge in [0, 0.05) is 37.2 Å². The number of amides is 1. The molecular weight excluding hydrogens is 352 g/mol. The van der Waals surface area contributed by atoms with E-state index in [2.05, 4.69) is 41.5 Å². The molecule has 1 aliphatic carbocycles. The summed E-state index contributed by atoms with van der Waals surface area (Å²) in [5.41, 5.74) is 3.01. The summed E-state index contributed by atoms with van der Waals surface area (Å²) in [5.74, 6) is 0.947. The highest BCUT2D eigenvalue weighted by Crippen LogP contribution is 2.40. The van der Waals surface area contributed by atoms with Crippen molar-refractivity contribution < 1.29 is 9.32 Å². The lowest BCUT2D eigenvalue weighted by atomic mass is 9.89. The van der Waals surface area contributed by atoms with E-state index in [0.717, 1.165) is 49.1 Å². The second-order valence-electron chi connectivity index (χ2n) is 8.65. The molecule has 0 atom stereocenters. The van der Waals surface area contributed by atoms with Crippen molar-refractivity contribution in [3.05, 3.63) is 23.0 Å². The van der Waals surface area contributed by atoms with Crippen LogP contribution >= 0.6 is 12.4 Å². The number of rotatable bonds is 5. The van der Waals surface area contributed by atoms with Crippen LogP contribution in [-0.4, -0.2) is 35.7 Å². The van der Waals surface area contributed by atoms with Crippen molar-refractivity contribution in [2.75, 3.05) is 19.6 Å². The van der Waals surface area contributed by atoms with Crippen LogP contribution in [0.25, 0.3) is 11.1 Å². The van der Waals surface area contributed by atoms with Gasteiger partial charge in [-0.25, -0.2) is 4.98 Å². The first-order chi connectivity index (χ1) is 11.9. The van der Waals surface area contributed by atoms with Crippen LogP contribution in [0.5, 0.6) is 0 Å². The minimum absolute atomic E-state index is 0. The fraction of sp³-hybridized carbons (Fsp3) is 0.632. The lowest BCUT2D eigenvalue weighted by Gasteiger charge is -2.27. The van der Waals surface area contributed by atoms with Gasteiger partial charge in [0.15, 0.2) is 0 Å². The van der Waals surface area contributed by atoms with Crippen LogP contribution in [0.1, 0.15) is 61.3 Å². The van der Waals surface area contributed by atoms with Crippen molar-refractivity contribution in [1.82, 2.24) is 20.8 Å². The Balaban J connectivity index is 0.00000196. The van der Waals surface area contributed by atoms with Crippen LogP contribution in [0.2, 0.25) is 0 Å². The van der Waals surface area contributed by atoms with Gasteiger partial charge >= 0.3 is 0 Å². The number of carbonyl (C=O) groups excluding carboxylic acids is 1. The molecule has 142 valence electrons. The summed E-state index contributed by atoms with van der Waals surface area (Å²) in [6, 6.07) is 1.96. The Morgan fingerprint density at radius 2 is 2.08 bits per heavy atom. The van der Waals surface area contributed by atoms with Gasteiger partial charge in [0.1, 0.15) is 0 Å². The molecule has 3 heterocycles. The lowest BCUT2D eigenvalue weighted by Crippen LogP contribution is -2.48. The first-order valence-corrected chi connectivity index (χ1v) is 9.19. The monoisotopic (exact) mass is 378 g/mol. The summed E-state index contributed by atoms with van der Waals surface area (Å²) in [5, 5.41) is 11.3. The summed E-state index contributed by atoms with van der Waals surface area (Å²) >= 11 is 0. The van der Waals surface area contributed by atoms with Gasteiger partial charge in [-0.3, -0.25) is 4.79 Å². The first-order valence-electron chi connectivity index (χ1n) is 9.19. The number of nitrogens with zero attached hydrogens (tertiary/aromatic N) is 2. The van der Waals surface area contributed by atoms with Gasteiger partial charge in [0.2, 0.25) is 0 Å². The molecule has 0 aromatic carbocycles. The van der Waals surface area contributed by atoms with Crippen molar-refractivity contribution in [1.29, 1.82) is 0 Å². The summed E-state index contributed by atoms with van der Waals surface area (Å²) in [4.78, 5) is 17.5. The molecule has 0 unspecified atom stereocenters. The van der Waals surface area contributed by atoms with Gasteiger partial charge in [-0.05, 0) is 30.7 Å². The average Bonchev–Trinajstić information content (AvgIpc) is 3.27. The first kappa shape index (κ1) is 19.1. The Hall–Kier alpha value is -1.66. The minimum Gasteiger partial charge on any atom is -0.352 e. The largest absolute Gasteiger partial charge is 0.352 e. The Bertz CT molecular complexity index is 804. The average molecular weight is 379 g/mol. The fourth-order valence-corrected chi connectivity index (χ4v) is 3.24. The Labute approximate surface area is 159 Å². The van der Waals surface area contributed by atoms with Gasteiger partial charge in [-0.2, -0.15) is 0 Å². The molecule has 1 saturated carbocycles. The van der Waals surface area contributed by atoms with Gasteiger partial charge in [0.25, 0.3) is 11.6 Å². The summed E-state index contributed by atoms with van der Waals surface area (Å²) in [6.45, 7) is 9.12. The number of pyridine rings is 1. The zero-order valence-corrected chi connectivity index (χ0v) is 16.4. The topological polar surface area (TPSA) is 80.0 Å². The van der Waals surface area contributed by atoms with E-state index in [1.165, 1.54) is 0 Å². The standard InChI is InChI=1S/C19H26N4O2.ClH/c1-19(2,3)7-15-16-13(17(24)21-10-11-8-20-9-11)6-14(12-4-5-12)22-18(16)25-23-15;/h6,11-12,20H,4-5,7-10H2,1-3H3,(H,21,24);1H. The molecular formula is C19H27ClN4O2. The van der Waals surface area contributed by atoms with Crippen LogP contribution in [0, 0.1) is 11.3 Å². The molecule has 1 amide bonds. The third-order valence-electron chi connectivity index (χ3n) is 4.89. The Morgan fingerprint density at radius 3 is 2.65 bits per heavy atom. The van der Waals surface area contributed by atoms with Crippen molar-refractivity contribution in [2.24, 2.45) is 11.3 Å². The molecule has 0 spiro atoms. The molecule has 2 N–H and O–H groups in total. The molecule has 7 heteroatoms. The number of hydrogen-bond donors (Lipinski definition) is 2. The van der Waals surface area contributed by atoms with E-state index >= 15 is 0 Å². The highest BCUT2D eigenvalue weighted by atomic mass is 35.5. The third kappa shape index (κ3) is 4.01. The van der Waals surface area contributed by atoms with Crippen LogP contribution in [-0.2, 0) is 6.42 Å². The van der Waals surface area contributed by atoms with E-state index in [9.17, 15) is 4.79 Å². The summed E-state index contributed by atoms with van der Waals surface area (Å²) < 4.78 is 5.51. The molecule has 2 aromatic rings. The highest BCUT2D eigenvalue weighted by Gasteiger charge is 2.30. The van der Waals surface area contributed by atoms with Gasteiger partial charge in [-0.15, -0.1) is 12.4 Å². The van der Waals surface area contributed by atoms with Crippen molar-refractivity contribution in [3.63, 3.8) is 0 Å². The van der Waals surface area contributed by atoms with Crippen LogP contribution in [0.4, 0.5) is 0 Å². The second kappa shape index (κ2) is 7.16. The zero-order chi connectivity index (χ0) is 17.6. The van der Waals surface area contributed by atoms with Crippen LogP contribution in [0.3, 0.4) is 0 Å². The molecule has 0 bridgehead atoms. The zero-order valence-electron chi connectivity index (χ0n) is 15.6. The van der Waals surface area contributed by atoms with E-state index in [4.69, 9.17) is 4.52 Å². The van der Waals surface area contributed by atoms with E-state index in [0.29, 0.717) is 29.7 Å². The molecule has 1 aliphatic heterocycles. The molecule has 2 fully saturated rings. The van der Waals surface area contributed by atoms with Crippen molar-refractivity contribution >= 4 is 29.4 Å². The fourth-order valence-electron chi connectivity index (χ4n) is 3.24. The lowest BCUT2D eigenvalue weighted by molar-refractivity contribution is 0.0943. The predicted octanol–water partition coefficient (Wildman–Crippen LogP) is 3.06. The maximum Gasteiger partial charge on any atom is 0.259 e.